The molecule has 2 heterocycles. The normalized spacial score (nSPS) is 10.7. The molecule has 0 fully saturated rings. The number of ether oxygens (including phenoxy) is 1. The molecule has 1 aromatic carbocycles. The van der Waals surface area contributed by atoms with Gasteiger partial charge < -0.3 is 4.74 Å². The van der Waals surface area contributed by atoms with Crippen molar-refractivity contribution in [3.8, 4) is 0 Å². The summed E-state index contributed by atoms with van der Waals surface area (Å²) < 4.78 is 5.97. The van der Waals surface area contributed by atoms with Gasteiger partial charge in [-0.1, -0.05) is 40.5 Å². The summed E-state index contributed by atoms with van der Waals surface area (Å²) in [6, 6.07) is 8.07. The first-order valence-electron chi connectivity index (χ1n) is 6.37. The fraction of sp³-hybridized carbons (Fsp3) is 0.0714. The molecular formula is C14H8Cl2N4O3. The van der Waals surface area contributed by atoms with Crippen LogP contribution in [0.15, 0.2) is 41.3 Å². The highest BCUT2D eigenvalue weighted by Crippen LogP contribution is 2.20. The largest absolute Gasteiger partial charge is 0.438 e. The Kier molecular flexibility index (Phi) is 4.22. The van der Waals surface area contributed by atoms with Crippen LogP contribution in [-0.4, -0.2) is 25.9 Å². The summed E-state index contributed by atoms with van der Waals surface area (Å²) in [5.74, 6) is -0.710. The molecule has 0 N–H and O–H groups in total. The summed E-state index contributed by atoms with van der Waals surface area (Å²) >= 11 is 11.5. The molecule has 0 saturated heterocycles. The molecule has 116 valence electrons. The number of pyridine rings is 1. The number of carbonyl (C=O) groups excluding carboxylic acids is 1. The zero-order valence-corrected chi connectivity index (χ0v) is 13.0. The number of aromatic nitrogens is 4. The van der Waals surface area contributed by atoms with Crippen LogP contribution in [0.1, 0.15) is 10.4 Å². The monoisotopic (exact) mass is 350 g/mol. The highest BCUT2D eigenvalue weighted by molar-refractivity contribution is 6.41. The topological polar surface area (TPSA) is 87.0 Å². The van der Waals surface area contributed by atoms with E-state index in [1.165, 1.54) is 12.3 Å². The number of esters is 1. The first-order valence-corrected chi connectivity index (χ1v) is 7.12. The lowest BCUT2D eigenvalue weighted by atomic mass is 10.2. The second-order valence-electron chi connectivity index (χ2n) is 4.47. The molecule has 0 bridgehead atoms. The summed E-state index contributed by atoms with van der Waals surface area (Å²) in [5.41, 5.74) is 0.172. The minimum atomic E-state index is -0.710. The van der Waals surface area contributed by atoms with E-state index < -0.39 is 11.5 Å². The number of hydrogen-bond acceptors (Lipinski definition) is 6. The van der Waals surface area contributed by atoms with Crippen molar-refractivity contribution in [3.63, 3.8) is 0 Å². The Morgan fingerprint density at radius 3 is 2.83 bits per heavy atom. The second kappa shape index (κ2) is 6.31. The molecule has 9 heteroatoms. The van der Waals surface area contributed by atoms with Crippen molar-refractivity contribution in [2.24, 2.45) is 0 Å². The number of hydrogen-bond donors (Lipinski definition) is 0. The van der Waals surface area contributed by atoms with Gasteiger partial charge in [0, 0.05) is 6.20 Å². The van der Waals surface area contributed by atoms with Gasteiger partial charge in [0.05, 0.1) is 16.0 Å². The molecule has 0 aliphatic rings. The molecule has 0 unspecified atom stereocenters. The third-order valence-corrected chi connectivity index (χ3v) is 3.67. The maximum atomic E-state index is 12.2. The number of nitrogens with zero attached hydrogens (tertiary/aromatic N) is 4. The minimum absolute atomic E-state index is 0.0832. The van der Waals surface area contributed by atoms with E-state index in [4.69, 9.17) is 27.9 Å². The molecular weight excluding hydrogens is 343 g/mol. The van der Waals surface area contributed by atoms with Crippen molar-refractivity contribution in [1.82, 2.24) is 20.0 Å². The third kappa shape index (κ3) is 3.15. The lowest BCUT2D eigenvalue weighted by Crippen LogP contribution is -2.26. The molecule has 0 saturated carbocycles. The fourth-order valence-corrected chi connectivity index (χ4v) is 2.11. The molecule has 3 rings (SSSR count). The molecule has 0 aliphatic carbocycles. The van der Waals surface area contributed by atoms with Gasteiger partial charge in [0.2, 0.25) is 0 Å². The van der Waals surface area contributed by atoms with Gasteiger partial charge in [-0.15, -0.1) is 5.10 Å². The molecule has 0 aliphatic heterocycles. The Balaban J connectivity index is 1.80. The Labute approximate surface area is 139 Å². The highest BCUT2D eigenvalue weighted by Gasteiger charge is 2.12. The van der Waals surface area contributed by atoms with E-state index in [1.54, 1.807) is 24.3 Å². The van der Waals surface area contributed by atoms with Crippen molar-refractivity contribution >= 4 is 40.1 Å². The first kappa shape index (κ1) is 15.4. The van der Waals surface area contributed by atoms with Gasteiger partial charge in [0.1, 0.15) is 10.7 Å². The SMILES string of the molecule is O=C(OCn1nnc2ccccc2c1=O)c1cnc(Cl)c(Cl)c1. The van der Waals surface area contributed by atoms with E-state index in [-0.39, 0.29) is 22.5 Å². The second-order valence-corrected chi connectivity index (χ2v) is 5.23. The Bertz CT molecular complexity index is 958. The molecule has 3 aromatic rings. The van der Waals surface area contributed by atoms with Crippen LogP contribution in [0, 0.1) is 0 Å². The summed E-state index contributed by atoms with van der Waals surface area (Å²) in [6.07, 6.45) is 1.23. The lowest BCUT2D eigenvalue weighted by Gasteiger charge is -2.07. The molecule has 2 aromatic heterocycles. The van der Waals surface area contributed by atoms with Gasteiger partial charge in [-0.25, -0.2) is 9.78 Å². The highest BCUT2D eigenvalue weighted by atomic mass is 35.5. The molecule has 0 spiro atoms. The van der Waals surface area contributed by atoms with E-state index >= 15 is 0 Å². The minimum Gasteiger partial charge on any atom is -0.438 e. The van der Waals surface area contributed by atoms with Crippen LogP contribution in [0.2, 0.25) is 10.2 Å². The van der Waals surface area contributed by atoms with Crippen molar-refractivity contribution in [2.75, 3.05) is 0 Å². The molecule has 0 atom stereocenters. The van der Waals surface area contributed by atoms with Gasteiger partial charge in [0.15, 0.2) is 6.73 Å². The van der Waals surface area contributed by atoms with Crippen molar-refractivity contribution in [1.29, 1.82) is 0 Å². The smallest absolute Gasteiger partial charge is 0.341 e. The van der Waals surface area contributed by atoms with Crippen molar-refractivity contribution < 1.29 is 9.53 Å². The zero-order chi connectivity index (χ0) is 16.4. The van der Waals surface area contributed by atoms with E-state index in [0.717, 1.165) is 4.68 Å². The molecule has 0 radical (unpaired) electrons. The van der Waals surface area contributed by atoms with Crippen molar-refractivity contribution in [2.45, 2.75) is 6.73 Å². The van der Waals surface area contributed by atoms with Crippen LogP contribution in [-0.2, 0) is 11.5 Å². The van der Waals surface area contributed by atoms with Crippen LogP contribution in [0.3, 0.4) is 0 Å². The average molecular weight is 351 g/mol. The number of halogens is 2. The quantitative estimate of drug-likeness (QED) is 0.532. The van der Waals surface area contributed by atoms with Gasteiger partial charge in [-0.2, -0.15) is 4.68 Å². The molecule has 0 amide bonds. The summed E-state index contributed by atoms with van der Waals surface area (Å²) in [7, 11) is 0. The summed E-state index contributed by atoms with van der Waals surface area (Å²) in [4.78, 5) is 27.9. The average Bonchev–Trinajstić information content (AvgIpc) is 2.57. The standard InChI is InChI=1S/C14H8Cl2N4O3/c15-10-5-8(6-17-12(10)16)14(22)23-7-20-13(21)9-3-1-2-4-11(9)18-19-20/h1-6H,7H2. The van der Waals surface area contributed by atoms with E-state index in [1.807, 2.05) is 0 Å². The van der Waals surface area contributed by atoms with Crippen LogP contribution >= 0.6 is 23.2 Å². The lowest BCUT2D eigenvalue weighted by molar-refractivity contribution is 0.0335. The van der Waals surface area contributed by atoms with Gasteiger partial charge >= 0.3 is 5.97 Å². The maximum Gasteiger partial charge on any atom is 0.341 e. The number of fused-ring (bicyclic) bond motifs is 1. The van der Waals surface area contributed by atoms with E-state index in [0.29, 0.717) is 10.9 Å². The van der Waals surface area contributed by atoms with Crippen molar-refractivity contribution in [3.05, 3.63) is 62.6 Å². The van der Waals surface area contributed by atoms with E-state index in [2.05, 4.69) is 15.3 Å². The predicted molar refractivity (Wildman–Crippen MR) is 83.5 cm³/mol. The summed E-state index contributed by atoms with van der Waals surface area (Å²) in [5, 5.41) is 8.20. The van der Waals surface area contributed by atoms with Crippen LogP contribution in [0.25, 0.3) is 10.9 Å². The first-order chi connectivity index (χ1) is 11.1. The van der Waals surface area contributed by atoms with Crippen LogP contribution in [0.5, 0.6) is 0 Å². The Morgan fingerprint density at radius 1 is 1.26 bits per heavy atom. The van der Waals surface area contributed by atoms with Gasteiger partial charge in [-0.3, -0.25) is 4.79 Å². The van der Waals surface area contributed by atoms with Crippen LogP contribution in [0.4, 0.5) is 0 Å². The van der Waals surface area contributed by atoms with Crippen LogP contribution < -0.4 is 5.56 Å². The molecule has 7 nitrogen and oxygen atoms in total. The molecule has 23 heavy (non-hydrogen) atoms. The maximum absolute atomic E-state index is 12.2. The summed E-state index contributed by atoms with van der Waals surface area (Å²) in [6.45, 7) is -0.379. The zero-order valence-electron chi connectivity index (χ0n) is 11.4. The number of benzene rings is 1. The van der Waals surface area contributed by atoms with Gasteiger partial charge in [0.25, 0.3) is 5.56 Å². The third-order valence-electron chi connectivity index (χ3n) is 2.98. The number of carbonyl (C=O) groups is 1. The Morgan fingerprint density at radius 2 is 2.04 bits per heavy atom. The van der Waals surface area contributed by atoms with Gasteiger partial charge in [-0.05, 0) is 18.2 Å². The fourth-order valence-electron chi connectivity index (χ4n) is 1.84. The predicted octanol–water partition coefficient (Wildman–Crippen LogP) is 2.31. The number of rotatable bonds is 3. The van der Waals surface area contributed by atoms with E-state index in [9.17, 15) is 9.59 Å². The Hall–Kier alpha value is -2.51.